The second-order valence-electron chi connectivity index (χ2n) is 3.42. The van der Waals surface area contributed by atoms with Gasteiger partial charge < -0.3 is 4.98 Å². The monoisotopic (exact) mass is 178 g/mol. The molecule has 0 atom stereocenters. The fraction of sp³-hybridized carbons (Fsp3) is 0.333. The number of nitrogens with zero attached hydrogens (tertiary/aromatic N) is 2. The van der Waals surface area contributed by atoms with Gasteiger partial charge in [-0.1, -0.05) is 13.8 Å². The molecule has 0 saturated carbocycles. The average Bonchev–Trinajstić information content (AvgIpc) is 2.48. The van der Waals surface area contributed by atoms with Gasteiger partial charge in [-0.15, -0.1) is 0 Å². The Labute approximate surface area is 75.4 Å². The minimum absolute atomic E-state index is 0.240. The zero-order valence-corrected chi connectivity index (χ0v) is 7.69. The van der Waals surface area contributed by atoms with E-state index < -0.39 is 0 Å². The molecule has 0 radical (unpaired) electrons. The summed E-state index contributed by atoms with van der Waals surface area (Å²) in [5, 5.41) is 0. The van der Waals surface area contributed by atoms with E-state index >= 15 is 0 Å². The number of imidazole rings is 1. The Bertz CT molecular complexity index is 481. The molecule has 0 saturated heterocycles. The number of rotatable bonds is 1. The molecule has 0 unspecified atom stereocenters. The summed E-state index contributed by atoms with van der Waals surface area (Å²) in [5.41, 5.74) is 1.58. The molecular weight excluding hydrogens is 166 g/mol. The highest BCUT2D eigenvalue weighted by Crippen LogP contribution is 2.08. The van der Waals surface area contributed by atoms with E-state index in [2.05, 4.69) is 4.98 Å². The summed E-state index contributed by atoms with van der Waals surface area (Å²) in [5.74, 6) is 0.240. The summed E-state index contributed by atoms with van der Waals surface area (Å²) < 4.78 is 2.82. The maximum atomic E-state index is 11.5. The van der Waals surface area contributed by atoms with Gasteiger partial charge in [-0.05, 0) is 0 Å². The minimum Gasteiger partial charge on any atom is -0.341 e. The molecule has 2 rings (SSSR count). The molecule has 68 valence electrons. The van der Waals surface area contributed by atoms with E-state index in [9.17, 15) is 4.91 Å². The van der Waals surface area contributed by atoms with E-state index in [0.717, 1.165) is 15.8 Å². The summed E-state index contributed by atoms with van der Waals surface area (Å²) in [7, 11) is 0. The largest absolute Gasteiger partial charge is 0.341 e. The first kappa shape index (κ1) is 8.04. The first-order chi connectivity index (χ1) is 6.18. The van der Waals surface area contributed by atoms with Crippen LogP contribution in [0.5, 0.6) is 0 Å². The maximum absolute atomic E-state index is 11.5. The van der Waals surface area contributed by atoms with Crippen LogP contribution in [0.25, 0.3) is 5.65 Å². The molecule has 0 aromatic carbocycles. The van der Waals surface area contributed by atoms with Crippen molar-refractivity contribution in [2.75, 3.05) is 0 Å². The van der Waals surface area contributed by atoms with Crippen LogP contribution in [0, 0.1) is 4.91 Å². The quantitative estimate of drug-likeness (QED) is 0.657. The van der Waals surface area contributed by atoms with E-state index in [0.29, 0.717) is 0 Å². The normalized spacial score (nSPS) is 11.3. The number of hydrogen-bond donors (Lipinski definition) is 1. The lowest BCUT2D eigenvalue weighted by Gasteiger charge is -1.95. The number of fused-ring (bicyclic) bond motifs is 1. The number of aromatic amines is 1. The Balaban J connectivity index is 2.77. The third kappa shape index (κ3) is 1.24. The van der Waals surface area contributed by atoms with Gasteiger partial charge in [0.2, 0.25) is 0 Å². The SMILES string of the molecule is CC(C)c1cn2cc[nH]c2c[n+]1=O. The smallest absolute Gasteiger partial charge is 0.269 e. The molecule has 0 aliphatic heterocycles. The van der Waals surface area contributed by atoms with Gasteiger partial charge in [-0.2, -0.15) is 0 Å². The highest BCUT2D eigenvalue weighted by Gasteiger charge is 2.14. The number of aromatic nitrogens is 3. The molecule has 2 heterocycles. The third-order valence-corrected chi connectivity index (χ3v) is 2.10. The molecule has 4 nitrogen and oxygen atoms in total. The fourth-order valence-electron chi connectivity index (χ4n) is 1.36. The molecule has 0 spiro atoms. The fourth-order valence-corrected chi connectivity index (χ4v) is 1.36. The topological polar surface area (TPSA) is 43.2 Å². The molecular formula is C9H12N3O+. The van der Waals surface area contributed by atoms with Crippen LogP contribution in [0.3, 0.4) is 0 Å². The van der Waals surface area contributed by atoms with Crippen LogP contribution in [0.15, 0.2) is 24.8 Å². The van der Waals surface area contributed by atoms with E-state index in [-0.39, 0.29) is 5.92 Å². The van der Waals surface area contributed by atoms with Crippen molar-refractivity contribution in [2.24, 2.45) is 0 Å². The van der Waals surface area contributed by atoms with Crippen molar-refractivity contribution < 1.29 is 4.43 Å². The van der Waals surface area contributed by atoms with Gasteiger partial charge in [0.15, 0.2) is 5.65 Å². The first-order valence-electron chi connectivity index (χ1n) is 4.30. The molecule has 1 N–H and O–H groups in total. The van der Waals surface area contributed by atoms with Crippen LogP contribution < -0.4 is 4.43 Å². The Kier molecular flexibility index (Phi) is 1.69. The van der Waals surface area contributed by atoms with Gasteiger partial charge in [0.1, 0.15) is 0 Å². The van der Waals surface area contributed by atoms with Gasteiger partial charge in [0, 0.05) is 23.2 Å². The predicted octanol–water partition coefficient (Wildman–Crippen LogP) is 1.31. The second kappa shape index (κ2) is 2.73. The summed E-state index contributed by atoms with van der Waals surface area (Å²) in [6, 6.07) is 0. The van der Waals surface area contributed by atoms with E-state index in [1.165, 1.54) is 0 Å². The summed E-state index contributed by atoms with van der Waals surface area (Å²) in [4.78, 5) is 14.4. The molecule has 0 fully saturated rings. The van der Waals surface area contributed by atoms with Gasteiger partial charge in [-0.3, -0.25) is 4.40 Å². The standard InChI is InChI=1S/C9H12N3O/c1-7(2)8-5-11-4-3-10-9(11)6-12(8)13/h3-7,10H,1-2H3/q+1. The molecule has 4 heteroatoms. The number of nitrogens with one attached hydrogen (secondary N) is 1. The number of hydrogen-bond acceptors (Lipinski definition) is 1. The van der Waals surface area contributed by atoms with Gasteiger partial charge in [-0.25, -0.2) is 0 Å². The summed E-state index contributed by atoms with van der Waals surface area (Å²) >= 11 is 0. The maximum Gasteiger partial charge on any atom is 0.269 e. The molecule has 0 aliphatic carbocycles. The minimum atomic E-state index is 0.240. The van der Waals surface area contributed by atoms with Crippen LogP contribution in [0.4, 0.5) is 0 Å². The van der Waals surface area contributed by atoms with Gasteiger partial charge >= 0.3 is 0 Å². The highest BCUT2D eigenvalue weighted by atomic mass is 16.3. The average molecular weight is 178 g/mol. The second-order valence-corrected chi connectivity index (χ2v) is 3.42. The predicted molar refractivity (Wildman–Crippen MR) is 49.2 cm³/mol. The summed E-state index contributed by atoms with van der Waals surface area (Å²) in [6.45, 7) is 4.01. The van der Waals surface area contributed by atoms with Crippen LogP contribution in [0.2, 0.25) is 0 Å². The van der Waals surface area contributed by atoms with Crippen LogP contribution in [-0.2, 0) is 0 Å². The van der Waals surface area contributed by atoms with Crippen molar-refractivity contribution in [3.05, 3.63) is 35.4 Å². The molecule has 0 aliphatic rings. The van der Waals surface area contributed by atoms with Crippen molar-refractivity contribution in [1.82, 2.24) is 9.38 Å². The molecule has 2 aromatic heterocycles. The third-order valence-electron chi connectivity index (χ3n) is 2.10. The van der Waals surface area contributed by atoms with Crippen molar-refractivity contribution in [2.45, 2.75) is 19.8 Å². The summed E-state index contributed by atoms with van der Waals surface area (Å²) in [6.07, 6.45) is 7.10. The van der Waals surface area contributed by atoms with Gasteiger partial charge in [0.05, 0.1) is 10.6 Å². The van der Waals surface area contributed by atoms with Crippen molar-refractivity contribution in [1.29, 1.82) is 0 Å². The lowest BCUT2D eigenvalue weighted by Crippen LogP contribution is -2.22. The molecule has 0 amide bonds. The first-order valence-corrected chi connectivity index (χ1v) is 4.30. The van der Waals surface area contributed by atoms with Crippen molar-refractivity contribution >= 4 is 5.65 Å². The van der Waals surface area contributed by atoms with Crippen molar-refractivity contribution in [3.8, 4) is 0 Å². The lowest BCUT2D eigenvalue weighted by molar-refractivity contribution is -0.505. The van der Waals surface area contributed by atoms with Crippen LogP contribution >= 0.6 is 0 Å². The van der Waals surface area contributed by atoms with Crippen LogP contribution in [-0.4, -0.2) is 9.38 Å². The Morgan fingerprint density at radius 1 is 1.54 bits per heavy atom. The lowest BCUT2D eigenvalue weighted by atomic mass is 10.1. The Hall–Kier alpha value is -1.58. The Morgan fingerprint density at radius 2 is 2.31 bits per heavy atom. The zero-order valence-electron chi connectivity index (χ0n) is 7.69. The Morgan fingerprint density at radius 3 is 3.00 bits per heavy atom. The van der Waals surface area contributed by atoms with Gasteiger partial charge in [0.25, 0.3) is 11.9 Å². The molecule has 0 bridgehead atoms. The molecule has 2 aromatic rings. The highest BCUT2D eigenvalue weighted by molar-refractivity contribution is 5.32. The van der Waals surface area contributed by atoms with Crippen LogP contribution in [0.1, 0.15) is 25.5 Å². The van der Waals surface area contributed by atoms with Crippen molar-refractivity contribution in [3.63, 3.8) is 0 Å². The zero-order chi connectivity index (χ0) is 9.42. The van der Waals surface area contributed by atoms with E-state index in [1.54, 1.807) is 12.4 Å². The van der Waals surface area contributed by atoms with E-state index in [4.69, 9.17) is 0 Å². The molecule has 13 heavy (non-hydrogen) atoms. The number of H-pyrrole nitrogens is 1. The van der Waals surface area contributed by atoms with E-state index in [1.807, 2.05) is 30.6 Å².